The molecule has 13 heavy (non-hydrogen) atoms. The second-order valence-electron chi connectivity index (χ2n) is 2.42. The van der Waals surface area contributed by atoms with Crippen LogP contribution in [-0.4, -0.2) is 6.18 Å². The molecule has 1 aromatic rings. The SMILES string of the molecule is [2H]C(N)(c1ccc(Cl)cc1)C(F)(F)F. The molecular weight excluding hydrogens is 203 g/mol. The van der Waals surface area contributed by atoms with Gasteiger partial charge in [-0.2, -0.15) is 13.2 Å². The molecule has 0 bridgehead atoms. The Balaban J connectivity index is 3.10. The lowest BCUT2D eigenvalue weighted by molar-refractivity contribution is -0.149. The minimum Gasteiger partial charge on any atom is -0.316 e. The summed E-state index contributed by atoms with van der Waals surface area (Å²) >= 11 is 5.49. The van der Waals surface area contributed by atoms with Crippen LogP contribution in [0.25, 0.3) is 0 Å². The Morgan fingerprint density at radius 2 is 1.77 bits per heavy atom. The van der Waals surface area contributed by atoms with Crippen molar-refractivity contribution in [2.45, 2.75) is 12.2 Å². The molecule has 0 saturated carbocycles. The van der Waals surface area contributed by atoms with Crippen molar-refractivity contribution in [3.05, 3.63) is 34.9 Å². The van der Waals surface area contributed by atoms with E-state index in [2.05, 4.69) is 0 Å². The third-order valence-corrected chi connectivity index (χ3v) is 1.71. The Kier molecular flexibility index (Phi) is 2.42. The largest absolute Gasteiger partial charge is 0.407 e. The van der Waals surface area contributed by atoms with E-state index in [9.17, 15) is 13.2 Å². The summed E-state index contributed by atoms with van der Waals surface area (Å²) in [7, 11) is 0. The molecule has 0 radical (unpaired) electrons. The summed E-state index contributed by atoms with van der Waals surface area (Å²) in [6, 6.07) is 1.61. The molecule has 0 saturated heterocycles. The highest BCUT2D eigenvalue weighted by Crippen LogP contribution is 2.30. The summed E-state index contributed by atoms with van der Waals surface area (Å²) in [6.45, 7) is 0. The summed E-state index contributed by atoms with van der Waals surface area (Å²) in [4.78, 5) is 0. The van der Waals surface area contributed by atoms with Crippen molar-refractivity contribution in [2.24, 2.45) is 5.73 Å². The Bertz CT molecular complexity index is 320. The number of halogens is 4. The van der Waals surface area contributed by atoms with E-state index < -0.39 is 12.2 Å². The molecule has 0 heterocycles. The van der Waals surface area contributed by atoms with Crippen LogP contribution in [0.2, 0.25) is 5.02 Å². The summed E-state index contributed by atoms with van der Waals surface area (Å²) in [5.41, 5.74) is 4.53. The number of alkyl halides is 3. The molecule has 5 heteroatoms. The molecule has 1 atom stereocenters. The first-order chi connectivity index (χ1) is 6.25. The van der Waals surface area contributed by atoms with E-state index in [1.807, 2.05) is 0 Å². The van der Waals surface area contributed by atoms with E-state index in [1.54, 1.807) is 0 Å². The Morgan fingerprint density at radius 1 is 1.31 bits per heavy atom. The van der Waals surface area contributed by atoms with Gasteiger partial charge in [-0.1, -0.05) is 23.7 Å². The van der Waals surface area contributed by atoms with Gasteiger partial charge < -0.3 is 5.73 Å². The Morgan fingerprint density at radius 3 is 2.15 bits per heavy atom. The molecule has 0 aliphatic heterocycles. The number of rotatable bonds is 1. The second-order valence-corrected chi connectivity index (χ2v) is 2.85. The lowest BCUT2D eigenvalue weighted by Crippen LogP contribution is -2.28. The molecule has 0 spiro atoms. The van der Waals surface area contributed by atoms with E-state index in [0.717, 1.165) is 12.1 Å². The topological polar surface area (TPSA) is 26.0 Å². The van der Waals surface area contributed by atoms with Gasteiger partial charge in [0.05, 0.1) is 1.37 Å². The Hall–Kier alpha value is -0.740. The lowest BCUT2D eigenvalue weighted by Gasteiger charge is -2.15. The van der Waals surface area contributed by atoms with Crippen molar-refractivity contribution >= 4 is 11.6 Å². The maximum Gasteiger partial charge on any atom is 0.407 e. The smallest absolute Gasteiger partial charge is 0.316 e. The minimum atomic E-state index is -4.80. The molecule has 1 unspecified atom stereocenters. The van der Waals surface area contributed by atoms with Crippen LogP contribution in [0.5, 0.6) is 0 Å². The van der Waals surface area contributed by atoms with Gasteiger partial charge in [0.1, 0.15) is 6.02 Å². The average Bonchev–Trinajstić information content (AvgIpc) is 2.03. The standard InChI is InChI=1S/C8H7ClF3N/c9-6-3-1-5(2-4-6)7(13)8(10,11)12/h1-4,7H,13H2/i7D. The van der Waals surface area contributed by atoms with E-state index >= 15 is 0 Å². The van der Waals surface area contributed by atoms with Gasteiger partial charge in [0, 0.05) is 5.02 Å². The van der Waals surface area contributed by atoms with E-state index in [0.29, 0.717) is 5.02 Å². The molecule has 2 N–H and O–H groups in total. The second kappa shape index (κ2) is 3.55. The third kappa shape index (κ3) is 2.60. The van der Waals surface area contributed by atoms with Crippen molar-refractivity contribution in [3.8, 4) is 0 Å². The summed E-state index contributed by atoms with van der Waals surface area (Å²) in [5, 5.41) is 0.298. The maximum absolute atomic E-state index is 12.3. The van der Waals surface area contributed by atoms with Gasteiger partial charge in [-0.25, -0.2) is 0 Å². The van der Waals surface area contributed by atoms with Crippen molar-refractivity contribution in [2.75, 3.05) is 0 Å². The zero-order valence-electron chi connectivity index (χ0n) is 7.40. The fourth-order valence-electron chi connectivity index (χ4n) is 0.793. The molecule has 72 valence electrons. The van der Waals surface area contributed by atoms with Crippen LogP contribution in [0, 0.1) is 0 Å². The maximum atomic E-state index is 12.3. The molecule has 0 aromatic heterocycles. The number of nitrogens with two attached hydrogens (primary N) is 1. The van der Waals surface area contributed by atoms with Crippen LogP contribution >= 0.6 is 11.6 Å². The van der Waals surface area contributed by atoms with Crippen molar-refractivity contribution < 1.29 is 14.5 Å². The predicted molar refractivity (Wildman–Crippen MR) is 44.4 cm³/mol. The zero-order chi connectivity index (χ0) is 11.0. The predicted octanol–water partition coefficient (Wildman–Crippen LogP) is 2.90. The minimum absolute atomic E-state index is 0.298. The van der Waals surface area contributed by atoms with Crippen LogP contribution in [0.15, 0.2) is 24.3 Å². The summed E-state index contributed by atoms with van der Waals surface area (Å²) in [6.07, 6.45) is -4.80. The molecular formula is C8H7ClF3N. The van der Waals surface area contributed by atoms with Crippen LogP contribution in [0.1, 0.15) is 13.0 Å². The quantitative estimate of drug-likeness (QED) is 0.758. The van der Waals surface area contributed by atoms with Gasteiger partial charge >= 0.3 is 6.18 Å². The van der Waals surface area contributed by atoms with Crippen LogP contribution in [-0.2, 0) is 0 Å². The van der Waals surface area contributed by atoms with Gasteiger partial charge in [0.2, 0.25) is 0 Å². The first-order valence-corrected chi connectivity index (χ1v) is 3.74. The first kappa shape index (κ1) is 8.84. The van der Waals surface area contributed by atoms with Crippen LogP contribution < -0.4 is 5.73 Å². The van der Waals surface area contributed by atoms with E-state index in [-0.39, 0.29) is 5.56 Å². The fourth-order valence-corrected chi connectivity index (χ4v) is 0.919. The van der Waals surface area contributed by atoms with Gasteiger partial charge in [0.25, 0.3) is 0 Å². The first-order valence-electron chi connectivity index (χ1n) is 3.87. The molecule has 1 aromatic carbocycles. The van der Waals surface area contributed by atoms with Gasteiger partial charge in [-0.15, -0.1) is 0 Å². The molecule has 0 aliphatic rings. The molecule has 1 nitrogen and oxygen atoms in total. The van der Waals surface area contributed by atoms with E-state index in [1.165, 1.54) is 12.1 Å². The normalized spacial score (nSPS) is 17.8. The number of benzene rings is 1. The van der Waals surface area contributed by atoms with Crippen molar-refractivity contribution in [1.82, 2.24) is 0 Å². The van der Waals surface area contributed by atoms with Gasteiger partial charge in [-0.05, 0) is 17.7 Å². The highest BCUT2D eigenvalue weighted by molar-refractivity contribution is 6.30. The Labute approximate surface area is 79.7 Å². The van der Waals surface area contributed by atoms with Crippen LogP contribution in [0.4, 0.5) is 13.2 Å². The van der Waals surface area contributed by atoms with Crippen molar-refractivity contribution in [1.29, 1.82) is 0 Å². The highest BCUT2D eigenvalue weighted by atomic mass is 35.5. The molecule has 0 aliphatic carbocycles. The van der Waals surface area contributed by atoms with E-state index in [4.69, 9.17) is 18.7 Å². The summed E-state index contributed by atoms with van der Waals surface area (Å²) < 4.78 is 43.8. The number of hydrogen-bond acceptors (Lipinski definition) is 1. The van der Waals surface area contributed by atoms with Gasteiger partial charge in [-0.3, -0.25) is 0 Å². The van der Waals surface area contributed by atoms with Gasteiger partial charge in [0.15, 0.2) is 0 Å². The summed E-state index contributed by atoms with van der Waals surface area (Å²) in [5.74, 6) is 0. The lowest BCUT2D eigenvalue weighted by atomic mass is 10.1. The molecule has 0 amide bonds. The number of hydrogen-bond donors (Lipinski definition) is 1. The molecule has 1 rings (SSSR count). The van der Waals surface area contributed by atoms with Crippen LogP contribution in [0.3, 0.4) is 0 Å². The zero-order valence-corrected chi connectivity index (χ0v) is 7.15. The fraction of sp³-hybridized carbons (Fsp3) is 0.250. The molecule has 0 fully saturated rings. The average molecular weight is 211 g/mol. The third-order valence-electron chi connectivity index (χ3n) is 1.46. The van der Waals surface area contributed by atoms with Crippen molar-refractivity contribution in [3.63, 3.8) is 0 Å². The highest BCUT2D eigenvalue weighted by Gasteiger charge is 2.37. The monoisotopic (exact) mass is 210 g/mol.